The molecule has 2 aromatic rings. The summed E-state index contributed by atoms with van der Waals surface area (Å²) in [4.78, 5) is 12.7. The Bertz CT molecular complexity index is 874. The van der Waals surface area contributed by atoms with E-state index >= 15 is 0 Å². The Morgan fingerprint density at radius 2 is 1.59 bits per heavy atom. The Hall–Kier alpha value is -2.31. The Balaban J connectivity index is 1.77. The summed E-state index contributed by atoms with van der Waals surface area (Å²) in [5.41, 5.74) is 2.33. The predicted octanol–water partition coefficient (Wildman–Crippen LogP) is 4.33. The van der Waals surface area contributed by atoms with Crippen LogP contribution in [0.4, 0.5) is 5.69 Å². The fourth-order valence-corrected chi connectivity index (χ4v) is 3.17. The van der Waals surface area contributed by atoms with Gasteiger partial charge in [0.2, 0.25) is 0 Å². The molecule has 3 rings (SSSR count). The molecule has 6 heteroatoms. The number of ether oxygens (including phenoxy) is 1. The number of benzene rings is 2. The monoisotopic (exact) mass is 395 g/mol. The van der Waals surface area contributed by atoms with Crippen LogP contribution in [0.25, 0.3) is 0 Å². The van der Waals surface area contributed by atoms with Crippen molar-refractivity contribution in [2.75, 3.05) is 5.32 Å². The molecule has 1 N–H and O–H groups in total. The molecule has 0 atom stereocenters. The molecular weight excluding hydrogens is 365 g/mol. The second-order valence-electron chi connectivity index (χ2n) is 8.75. The summed E-state index contributed by atoms with van der Waals surface area (Å²) < 4.78 is 18.0. The zero-order chi connectivity index (χ0) is 21.4. The van der Waals surface area contributed by atoms with Gasteiger partial charge in [-0.2, -0.15) is 0 Å². The first-order valence-electron chi connectivity index (χ1n) is 10.0. The smallest absolute Gasteiger partial charge is 0.491 e. The molecule has 0 radical (unpaired) electrons. The van der Waals surface area contributed by atoms with E-state index in [4.69, 9.17) is 14.0 Å². The molecule has 1 aliphatic heterocycles. The zero-order valence-electron chi connectivity index (χ0n) is 18.3. The summed E-state index contributed by atoms with van der Waals surface area (Å²) in [6.07, 6.45) is 0.0926. The van der Waals surface area contributed by atoms with Crippen LogP contribution in [0.2, 0.25) is 0 Å². The van der Waals surface area contributed by atoms with Crippen molar-refractivity contribution < 1.29 is 18.8 Å². The molecule has 1 amide bonds. The Morgan fingerprint density at radius 3 is 2.14 bits per heavy atom. The van der Waals surface area contributed by atoms with Gasteiger partial charge in [-0.15, -0.1) is 0 Å². The number of carbonyl (C=O) groups is 1. The molecule has 5 nitrogen and oxygen atoms in total. The molecule has 0 aromatic heterocycles. The SMILES string of the molecule is Cc1c(NC(=O)c2ccc(OC(C)C)cc2)cccc1B1OC(C)(C)C(C)(C)O1. The molecule has 0 bridgehead atoms. The number of hydrogen-bond acceptors (Lipinski definition) is 4. The summed E-state index contributed by atoms with van der Waals surface area (Å²) in [6, 6.07) is 12.9. The van der Waals surface area contributed by atoms with Gasteiger partial charge in [-0.1, -0.05) is 12.1 Å². The van der Waals surface area contributed by atoms with Crippen LogP contribution in [-0.4, -0.2) is 30.3 Å². The van der Waals surface area contributed by atoms with E-state index in [9.17, 15) is 4.79 Å². The van der Waals surface area contributed by atoms with Crippen molar-refractivity contribution in [3.8, 4) is 5.75 Å². The highest BCUT2D eigenvalue weighted by Gasteiger charge is 2.52. The van der Waals surface area contributed by atoms with E-state index in [-0.39, 0.29) is 12.0 Å². The standard InChI is InChI=1S/C23H30BNO4/c1-15(2)27-18-13-11-17(12-14-18)21(26)25-20-10-8-9-19(16(20)3)24-28-22(4,5)23(6,7)29-24/h8-15H,1-7H3,(H,25,26). The molecule has 0 saturated carbocycles. The summed E-state index contributed by atoms with van der Waals surface area (Å²) >= 11 is 0. The third-order valence-corrected chi connectivity index (χ3v) is 5.62. The summed E-state index contributed by atoms with van der Waals surface area (Å²) in [6.45, 7) is 14.0. The van der Waals surface area contributed by atoms with Crippen molar-refractivity contribution in [1.82, 2.24) is 0 Å². The number of hydrogen-bond donors (Lipinski definition) is 1. The second kappa shape index (κ2) is 7.84. The van der Waals surface area contributed by atoms with E-state index in [1.165, 1.54) is 0 Å². The van der Waals surface area contributed by atoms with Crippen molar-refractivity contribution in [3.63, 3.8) is 0 Å². The van der Waals surface area contributed by atoms with Gasteiger partial charge in [-0.05, 0) is 89.8 Å². The zero-order valence-corrected chi connectivity index (χ0v) is 18.3. The molecule has 1 heterocycles. The number of rotatable bonds is 5. The van der Waals surface area contributed by atoms with Gasteiger partial charge in [-0.3, -0.25) is 4.79 Å². The Kier molecular flexibility index (Phi) is 5.79. The molecule has 1 fully saturated rings. The highest BCUT2D eigenvalue weighted by molar-refractivity contribution is 6.62. The molecule has 1 aliphatic rings. The maximum atomic E-state index is 12.7. The minimum atomic E-state index is -0.468. The van der Waals surface area contributed by atoms with Crippen molar-refractivity contribution in [1.29, 1.82) is 0 Å². The van der Waals surface area contributed by atoms with Crippen molar-refractivity contribution in [2.45, 2.75) is 65.8 Å². The van der Waals surface area contributed by atoms with Gasteiger partial charge in [0.05, 0.1) is 17.3 Å². The number of anilines is 1. The third-order valence-electron chi connectivity index (χ3n) is 5.62. The maximum absolute atomic E-state index is 12.7. The van der Waals surface area contributed by atoms with Crippen LogP contribution < -0.4 is 15.5 Å². The summed E-state index contributed by atoms with van der Waals surface area (Å²) in [5.74, 6) is 0.575. The molecule has 0 spiro atoms. The van der Waals surface area contributed by atoms with Crippen molar-refractivity contribution in [2.24, 2.45) is 0 Å². The summed E-state index contributed by atoms with van der Waals surface area (Å²) in [7, 11) is -0.468. The van der Waals surface area contributed by atoms with Crippen LogP contribution in [0.1, 0.15) is 57.5 Å². The van der Waals surface area contributed by atoms with Crippen LogP contribution >= 0.6 is 0 Å². The molecular formula is C23H30BNO4. The van der Waals surface area contributed by atoms with E-state index in [0.717, 1.165) is 22.5 Å². The largest absolute Gasteiger partial charge is 0.495 e. The van der Waals surface area contributed by atoms with Gasteiger partial charge in [0.15, 0.2) is 0 Å². The first-order chi connectivity index (χ1) is 13.5. The highest BCUT2D eigenvalue weighted by atomic mass is 16.7. The lowest BCUT2D eigenvalue weighted by atomic mass is 9.76. The minimum Gasteiger partial charge on any atom is -0.491 e. The van der Waals surface area contributed by atoms with Gasteiger partial charge in [0.1, 0.15) is 5.75 Å². The first kappa shape index (κ1) is 21.4. The fourth-order valence-electron chi connectivity index (χ4n) is 3.17. The highest BCUT2D eigenvalue weighted by Crippen LogP contribution is 2.37. The lowest BCUT2D eigenvalue weighted by Crippen LogP contribution is -2.41. The van der Waals surface area contributed by atoms with Gasteiger partial charge >= 0.3 is 7.12 Å². The van der Waals surface area contributed by atoms with Crippen LogP contribution in [0.15, 0.2) is 42.5 Å². The third kappa shape index (κ3) is 4.49. The van der Waals surface area contributed by atoms with Gasteiger partial charge in [0.25, 0.3) is 5.91 Å². The normalized spacial score (nSPS) is 17.4. The van der Waals surface area contributed by atoms with Crippen molar-refractivity contribution in [3.05, 3.63) is 53.6 Å². The average Bonchev–Trinajstić information content (AvgIpc) is 2.84. The van der Waals surface area contributed by atoms with Crippen LogP contribution in [0.3, 0.4) is 0 Å². The predicted molar refractivity (Wildman–Crippen MR) is 117 cm³/mol. The lowest BCUT2D eigenvalue weighted by molar-refractivity contribution is 0.00578. The molecule has 2 aromatic carbocycles. The van der Waals surface area contributed by atoms with E-state index in [1.54, 1.807) is 12.1 Å². The molecule has 0 unspecified atom stereocenters. The minimum absolute atomic E-state index is 0.0926. The molecule has 154 valence electrons. The molecule has 29 heavy (non-hydrogen) atoms. The lowest BCUT2D eigenvalue weighted by Gasteiger charge is -2.32. The number of amides is 1. The fraction of sp³-hybridized carbons (Fsp3) is 0.435. The van der Waals surface area contributed by atoms with Crippen LogP contribution in [-0.2, 0) is 9.31 Å². The van der Waals surface area contributed by atoms with Crippen molar-refractivity contribution >= 4 is 24.2 Å². The average molecular weight is 395 g/mol. The van der Waals surface area contributed by atoms with Gasteiger partial charge < -0.3 is 19.4 Å². The van der Waals surface area contributed by atoms with Crippen LogP contribution in [0, 0.1) is 6.92 Å². The summed E-state index contributed by atoms with van der Waals surface area (Å²) in [5, 5.41) is 3.00. The quantitative estimate of drug-likeness (QED) is 0.766. The van der Waals surface area contributed by atoms with E-state index in [2.05, 4.69) is 5.32 Å². The first-order valence-corrected chi connectivity index (χ1v) is 10.0. The number of carbonyl (C=O) groups excluding carboxylic acids is 1. The van der Waals surface area contributed by atoms with Gasteiger partial charge in [0, 0.05) is 11.3 Å². The van der Waals surface area contributed by atoms with Crippen LogP contribution in [0.5, 0.6) is 5.75 Å². The van der Waals surface area contributed by atoms with E-state index in [0.29, 0.717) is 5.56 Å². The topological polar surface area (TPSA) is 56.8 Å². The second-order valence-corrected chi connectivity index (χ2v) is 8.75. The van der Waals surface area contributed by atoms with E-state index < -0.39 is 18.3 Å². The Morgan fingerprint density at radius 1 is 1.00 bits per heavy atom. The Labute approximate surface area is 173 Å². The molecule has 0 aliphatic carbocycles. The number of nitrogens with one attached hydrogen (secondary N) is 1. The molecule has 1 saturated heterocycles. The maximum Gasteiger partial charge on any atom is 0.495 e. The van der Waals surface area contributed by atoms with Gasteiger partial charge in [-0.25, -0.2) is 0 Å². The van der Waals surface area contributed by atoms with E-state index in [1.807, 2.05) is 78.8 Å².